The van der Waals surface area contributed by atoms with E-state index in [9.17, 15) is 8.42 Å². The van der Waals surface area contributed by atoms with E-state index in [2.05, 4.69) is 5.32 Å². The second-order valence-electron chi connectivity index (χ2n) is 5.46. The van der Waals surface area contributed by atoms with Gasteiger partial charge in [0.05, 0.1) is 4.90 Å². The number of aryl methyl sites for hydroxylation is 1. The van der Waals surface area contributed by atoms with Gasteiger partial charge in [-0.25, -0.2) is 8.42 Å². The molecule has 2 aromatic carbocycles. The van der Waals surface area contributed by atoms with Crippen molar-refractivity contribution in [2.75, 3.05) is 0 Å². The smallest absolute Gasteiger partial charge is 0.199 e. The lowest BCUT2D eigenvalue weighted by atomic mass is 10.2. The summed E-state index contributed by atoms with van der Waals surface area (Å²) in [6.45, 7) is 3.77. The third-order valence-corrected chi connectivity index (χ3v) is 7.05. The van der Waals surface area contributed by atoms with Gasteiger partial charge in [-0.2, -0.15) is 0 Å². The van der Waals surface area contributed by atoms with Gasteiger partial charge in [-0.1, -0.05) is 78.9 Å². The number of nitrogens with one attached hydrogen (secondary N) is 1. The van der Waals surface area contributed by atoms with Crippen molar-refractivity contribution in [3.05, 3.63) is 65.7 Å². The molecule has 0 aliphatic heterocycles. The summed E-state index contributed by atoms with van der Waals surface area (Å²) in [6.07, 6.45) is 0.447. The summed E-state index contributed by atoms with van der Waals surface area (Å²) in [5.74, 6) is 0.716. The average molecular weight is 380 g/mol. The molecule has 6 heteroatoms. The quantitative estimate of drug-likeness (QED) is 0.758. The van der Waals surface area contributed by atoms with Crippen LogP contribution in [0.15, 0.2) is 59.5 Å². The molecule has 1 N–H and O–H groups in total. The number of sulfone groups is 1. The first-order chi connectivity index (χ1) is 11.4. The molecule has 0 spiro atoms. The van der Waals surface area contributed by atoms with Crippen molar-refractivity contribution in [2.24, 2.45) is 0 Å². The topological polar surface area (TPSA) is 46.2 Å². The lowest BCUT2D eigenvalue weighted by Crippen LogP contribution is -2.38. The van der Waals surface area contributed by atoms with Crippen LogP contribution in [0.5, 0.6) is 0 Å². The Hall–Kier alpha value is -1.37. The first-order valence-corrected chi connectivity index (χ1v) is 10.6. The van der Waals surface area contributed by atoms with Crippen molar-refractivity contribution in [1.29, 1.82) is 0 Å². The maximum atomic E-state index is 12.8. The first-order valence-electron chi connectivity index (χ1n) is 7.71. The molecule has 1 atom stereocenters. The zero-order valence-electron chi connectivity index (χ0n) is 13.7. The molecule has 3 nitrogen and oxygen atoms in total. The van der Waals surface area contributed by atoms with Gasteiger partial charge in [-0.3, -0.25) is 0 Å². The molecule has 2 rings (SSSR count). The normalized spacial score (nSPS) is 12.6. The number of rotatable bonds is 6. The minimum absolute atomic E-state index is 0.323. The molecule has 0 bridgehead atoms. The van der Waals surface area contributed by atoms with E-state index in [1.807, 2.05) is 56.3 Å². The highest BCUT2D eigenvalue weighted by Gasteiger charge is 2.26. The van der Waals surface area contributed by atoms with E-state index in [1.165, 1.54) is 11.8 Å². The fourth-order valence-electron chi connectivity index (χ4n) is 2.19. The average Bonchev–Trinajstić information content (AvgIpc) is 2.59. The van der Waals surface area contributed by atoms with Crippen molar-refractivity contribution < 1.29 is 8.42 Å². The lowest BCUT2D eigenvalue weighted by Gasteiger charge is -2.19. The molecule has 0 fully saturated rings. The van der Waals surface area contributed by atoms with E-state index < -0.39 is 15.2 Å². The Morgan fingerprint density at radius 2 is 1.75 bits per heavy atom. The SMILES string of the molecule is CCC(NC(=S)SCc1ccccc1)S(=O)(=O)c1ccc(C)cc1. The summed E-state index contributed by atoms with van der Waals surface area (Å²) in [4.78, 5) is 0.323. The van der Waals surface area contributed by atoms with E-state index in [4.69, 9.17) is 12.2 Å². The van der Waals surface area contributed by atoms with Crippen molar-refractivity contribution in [2.45, 2.75) is 36.3 Å². The molecule has 0 aliphatic rings. The van der Waals surface area contributed by atoms with Crippen LogP contribution < -0.4 is 5.32 Å². The monoisotopic (exact) mass is 379 g/mol. The zero-order chi connectivity index (χ0) is 17.6. The van der Waals surface area contributed by atoms with E-state index in [0.717, 1.165) is 11.1 Å². The molecule has 0 aromatic heterocycles. The van der Waals surface area contributed by atoms with Gasteiger partial charge < -0.3 is 5.32 Å². The molecule has 0 radical (unpaired) electrons. The van der Waals surface area contributed by atoms with Crippen LogP contribution >= 0.6 is 24.0 Å². The third kappa shape index (κ3) is 5.06. The van der Waals surface area contributed by atoms with Crippen molar-refractivity contribution in [3.63, 3.8) is 0 Å². The van der Waals surface area contributed by atoms with Gasteiger partial charge >= 0.3 is 0 Å². The van der Waals surface area contributed by atoms with E-state index >= 15 is 0 Å². The molecule has 1 unspecified atom stereocenters. The highest BCUT2D eigenvalue weighted by atomic mass is 32.2. The maximum Gasteiger partial charge on any atom is 0.199 e. The lowest BCUT2D eigenvalue weighted by molar-refractivity contribution is 0.569. The van der Waals surface area contributed by atoms with Crippen LogP contribution in [0.25, 0.3) is 0 Å². The Kier molecular flexibility index (Phi) is 6.83. The van der Waals surface area contributed by atoms with Crippen LogP contribution in [0.1, 0.15) is 24.5 Å². The highest BCUT2D eigenvalue weighted by Crippen LogP contribution is 2.20. The second-order valence-corrected chi connectivity index (χ2v) is 9.24. The van der Waals surface area contributed by atoms with Crippen LogP contribution in [0.4, 0.5) is 0 Å². The molecule has 24 heavy (non-hydrogen) atoms. The maximum absolute atomic E-state index is 12.8. The number of thioether (sulfide) groups is 1. The fraction of sp³-hybridized carbons (Fsp3) is 0.278. The van der Waals surface area contributed by atoms with E-state index in [1.54, 1.807) is 12.1 Å². The predicted molar refractivity (Wildman–Crippen MR) is 106 cm³/mol. The van der Waals surface area contributed by atoms with Gasteiger partial charge in [0.2, 0.25) is 0 Å². The van der Waals surface area contributed by atoms with Crippen LogP contribution in [0, 0.1) is 6.92 Å². The summed E-state index contributed by atoms with van der Waals surface area (Å²) in [5, 5.41) is 2.28. The number of thiocarbonyl (C=S) groups is 1. The van der Waals surface area contributed by atoms with Crippen molar-refractivity contribution in [3.8, 4) is 0 Å². The van der Waals surface area contributed by atoms with Gasteiger partial charge in [0.1, 0.15) is 9.69 Å². The Morgan fingerprint density at radius 1 is 1.12 bits per heavy atom. The molecular weight excluding hydrogens is 358 g/mol. The van der Waals surface area contributed by atoms with Gasteiger partial charge in [-0.15, -0.1) is 0 Å². The van der Waals surface area contributed by atoms with Crippen molar-refractivity contribution in [1.82, 2.24) is 5.32 Å². The highest BCUT2D eigenvalue weighted by molar-refractivity contribution is 8.22. The van der Waals surface area contributed by atoms with E-state index in [-0.39, 0.29) is 0 Å². The van der Waals surface area contributed by atoms with Crippen LogP contribution in [-0.4, -0.2) is 18.1 Å². The number of hydrogen-bond donors (Lipinski definition) is 1. The van der Waals surface area contributed by atoms with Crippen molar-refractivity contribution >= 4 is 38.1 Å². The molecule has 0 aliphatic carbocycles. The third-order valence-electron chi connectivity index (χ3n) is 3.59. The van der Waals surface area contributed by atoms with Gasteiger partial charge in [-0.05, 0) is 31.0 Å². The Labute approximate surface area is 153 Å². The van der Waals surface area contributed by atoms with Gasteiger partial charge in [0, 0.05) is 5.75 Å². The van der Waals surface area contributed by atoms with Crippen LogP contribution in [0.3, 0.4) is 0 Å². The minimum atomic E-state index is -3.46. The summed E-state index contributed by atoms with van der Waals surface area (Å²) < 4.78 is 26.0. The molecule has 2 aromatic rings. The first kappa shape index (κ1) is 19.0. The van der Waals surface area contributed by atoms with Crippen LogP contribution in [-0.2, 0) is 15.6 Å². The fourth-order valence-corrected chi connectivity index (χ4v) is 4.93. The predicted octanol–water partition coefficient (Wildman–Crippen LogP) is 4.31. The number of benzene rings is 2. The molecule has 0 amide bonds. The molecule has 0 saturated heterocycles. The largest absolute Gasteiger partial charge is 0.354 e. The summed E-state index contributed by atoms with van der Waals surface area (Å²) in [6, 6.07) is 16.9. The second kappa shape index (κ2) is 8.65. The van der Waals surface area contributed by atoms with Gasteiger partial charge in [0.15, 0.2) is 9.84 Å². The van der Waals surface area contributed by atoms with E-state index in [0.29, 0.717) is 21.4 Å². The Bertz CT molecular complexity index is 772. The Morgan fingerprint density at radius 3 is 2.33 bits per heavy atom. The minimum Gasteiger partial charge on any atom is -0.354 e. The molecular formula is C18H21NO2S3. The molecule has 128 valence electrons. The summed E-state index contributed by atoms with van der Waals surface area (Å²) in [5.41, 5.74) is 2.19. The zero-order valence-corrected chi connectivity index (χ0v) is 16.2. The molecule has 0 saturated carbocycles. The standard InChI is InChI=1S/C18H21NO2S3/c1-3-17(24(20,21)16-11-9-14(2)10-12-16)19-18(22)23-13-15-7-5-4-6-8-15/h4-12,17H,3,13H2,1-2H3,(H,19,22). The summed E-state index contributed by atoms with van der Waals surface area (Å²) >= 11 is 6.77. The Balaban J connectivity index is 2.02. The summed E-state index contributed by atoms with van der Waals surface area (Å²) in [7, 11) is -3.46. The number of hydrogen-bond acceptors (Lipinski definition) is 4. The molecule has 0 heterocycles. The van der Waals surface area contributed by atoms with Crippen LogP contribution in [0.2, 0.25) is 0 Å². The van der Waals surface area contributed by atoms with Gasteiger partial charge in [0.25, 0.3) is 0 Å².